The highest BCUT2D eigenvalue weighted by Gasteiger charge is 2.11. The Balaban J connectivity index is 0.00000180. The minimum atomic E-state index is -0.321. The average Bonchev–Trinajstić information content (AvgIpc) is 2.80. The maximum Gasteiger partial charge on any atom is 0.135 e. The van der Waals surface area contributed by atoms with Gasteiger partial charge in [-0.15, -0.1) is 12.4 Å². The number of halogens is 3. The molecule has 0 saturated heterocycles. The predicted octanol–water partition coefficient (Wildman–Crippen LogP) is 3.54. The first kappa shape index (κ1) is 16.3. The van der Waals surface area contributed by atoms with Gasteiger partial charge in [-0.3, -0.25) is 0 Å². The van der Waals surface area contributed by atoms with Gasteiger partial charge in [-0.2, -0.15) is 0 Å². The molecule has 0 radical (unpaired) electrons. The van der Waals surface area contributed by atoms with E-state index in [1.54, 1.807) is 18.2 Å². The zero-order chi connectivity index (χ0) is 13.1. The van der Waals surface area contributed by atoms with Crippen LogP contribution in [0.3, 0.4) is 0 Å². The molecule has 104 valence electrons. The Hall–Kier alpha value is -0.710. The molecule has 6 heteroatoms. The van der Waals surface area contributed by atoms with Crippen molar-refractivity contribution < 1.29 is 9.52 Å². The van der Waals surface area contributed by atoms with Gasteiger partial charge in [0.1, 0.15) is 11.5 Å². The summed E-state index contributed by atoms with van der Waals surface area (Å²) in [5.41, 5.74) is 6.39. The second-order valence-electron chi connectivity index (χ2n) is 4.04. The van der Waals surface area contributed by atoms with Crippen molar-refractivity contribution in [3.05, 3.63) is 46.1 Å². The van der Waals surface area contributed by atoms with Crippen LogP contribution in [0.2, 0.25) is 10.0 Å². The summed E-state index contributed by atoms with van der Waals surface area (Å²) >= 11 is 12.0. The molecule has 3 N–H and O–H groups in total. The molecule has 1 atom stereocenters. The molecule has 0 bridgehead atoms. The minimum Gasteiger partial charge on any atom is -0.461 e. The summed E-state index contributed by atoms with van der Waals surface area (Å²) in [5, 5.41) is 10.1. The lowest BCUT2D eigenvalue weighted by Gasteiger charge is -2.05. The largest absolute Gasteiger partial charge is 0.461 e. The zero-order valence-electron chi connectivity index (χ0n) is 9.98. The number of hydrogen-bond acceptors (Lipinski definition) is 3. The number of aliphatic hydroxyl groups is 1. The summed E-state index contributed by atoms with van der Waals surface area (Å²) in [5.74, 6) is 1.35. The van der Waals surface area contributed by atoms with E-state index < -0.39 is 0 Å². The van der Waals surface area contributed by atoms with E-state index in [2.05, 4.69) is 0 Å². The van der Waals surface area contributed by atoms with Crippen LogP contribution in [0.1, 0.15) is 5.76 Å². The molecule has 0 aliphatic rings. The fourth-order valence-electron chi connectivity index (χ4n) is 1.64. The van der Waals surface area contributed by atoms with E-state index in [4.69, 9.17) is 38.5 Å². The van der Waals surface area contributed by atoms with Crippen molar-refractivity contribution in [1.82, 2.24) is 0 Å². The quantitative estimate of drug-likeness (QED) is 0.905. The van der Waals surface area contributed by atoms with E-state index in [0.29, 0.717) is 28.0 Å². The van der Waals surface area contributed by atoms with Gasteiger partial charge in [-0.05, 0) is 30.3 Å². The van der Waals surface area contributed by atoms with Crippen molar-refractivity contribution in [2.45, 2.75) is 12.5 Å². The number of benzene rings is 1. The van der Waals surface area contributed by atoms with Crippen molar-refractivity contribution in [1.29, 1.82) is 0 Å². The zero-order valence-corrected chi connectivity index (χ0v) is 12.3. The predicted molar refractivity (Wildman–Crippen MR) is 80.2 cm³/mol. The highest BCUT2D eigenvalue weighted by Crippen LogP contribution is 2.31. The molecule has 1 heterocycles. The summed E-state index contributed by atoms with van der Waals surface area (Å²) < 4.78 is 5.64. The molecular weight excluding hydrogens is 309 g/mol. The van der Waals surface area contributed by atoms with Gasteiger partial charge < -0.3 is 15.3 Å². The lowest BCUT2D eigenvalue weighted by Crippen LogP contribution is -2.26. The van der Waals surface area contributed by atoms with E-state index in [9.17, 15) is 0 Å². The number of nitrogens with two attached hydrogens (primary N) is 1. The van der Waals surface area contributed by atoms with Crippen LogP contribution in [-0.2, 0) is 6.42 Å². The highest BCUT2D eigenvalue weighted by molar-refractivity contribution is 6.35. The maximum atomic E-state index is 8.90. The van der Waals surface area contributed by atoms with Crippen LogP contribution >= 0.6 is 35.6 Å². The van der Waals surface area contributed by atoms with Gasteiger partial charge in [-0.25, -0.2) is 0 Å². The second-order valence-corrected chi connectivity index (χ2v) is 4.88. The Kier molecular flexibility index (Phi) is 6.17. The molecule has 1 aromatic heterocycles. The highest BCUT2D eigenvalue weighted by atomic mass is 35.5. The summed E-state index contributed by atoms with van der Waals surface area (Å²) in [4.78, 5) is 0. The molecule has 1 aromatic carbocycles. The molecule has 2 aromatic rings. The van der Waals surface area contributed by atoms with Crippen molar-refractivity contribution >= 4 is 35.6 Å². The third-order valence-electron chi connectivity index (χ3n) is 2.55. The van der Waals surface area contributed by atoms with Crippen LogP contribution in [0.15, 0.2) is 34.7 Å². The van der Waals surface area contributed by atoms with E-state index in [0.717, 1.165) is 5.56 Å². The molecule has 0 amide bonds. The third-order valence-corrected chi connectivity index (χ3v) is 3.12. The summed E-state index contributed by atoms with van der Waals surface area (Å²) in [6.07, 6.45) is 0.481. The summed E-state index contributed by atoms with van der Waals surface area (Å²) in [6.45, 7) is -0.0754. The fraction of sp³-hybridized carbons (Fsp3) is 0.231. The van der Waals surface area contributed by atoms with Crippen molar-refractivity contribution in [3.8, 4) is 11.3 Å². The summed E-state index contributed by atoms with van der Waals surface area (Å²) in [7, 11) is 0. The lowest BCUT2D eigenvalue weighted by atomic mass is 10.2. The standard InChI is InChI=1S/C13H13Cl2NO2.ClH/c14-8-1-3-12(15)11(5-8)13-4-2-10(18-13)6-9(16)7-17;/h1-5,9,17H,6-7,16H2;1H. The van der Waals surface area contributed by atoms with Gasteiger partial charge in [0, 0.05) is 23.0 Å². The Labute approximate surface area is 127 Å². The first-order valence-corrected chi connectivity index (χ1v) is 6.26. The van der Waals surface area contributed by atoms with E-state index in [1.165, 1.54) is 0 Å². The fourth-order valence-corrected chi connectivity index (χ4v) is 2.02. The molecule has 0 saturated carbocycles. The monoisotopic (exact) mass is 321 g/mol. The molecule has 0 spiro atoms. The number of hydrogen-bond donors (Lipinski definition) is 2. The number of aliphatic hydroxyl groups excluding tert-OH is 1. The molecule has 0 fully saturated rings. The molecular formula is C13H14Cl3NO2. The molecule has 0 aliphatic heterocycles. The van der Waals surface area contributed by atoms with Gasteiger partial charge in [0.15, 0.2) is 0 Å². The smallest absolute Gasteiger partial charge is 0.135 e. The lowest BCUT2D eigenvalue weighted by molar-refractivity contribution is 0.260. The molecule has 19 heavy (non-hydrogen) atoms. The third kappa shape index (κ3) is 4.13. The second kappa shape index (κ2) is 7.17. The SMILES string of the molecule is Cl.NC(CO)Cc1ccc(-c2cc(Cl)ccc2Cl)o1. The van der Waals surface area contributed by atoms with Crippen LogP contribution in [0.25, 0.3) is 11.3 Å². The van der Waals surface area contributed by atoms with Gasteiger partial charge in [0.05, 0.1) is 11.6 Å². The van der Waals surface area contributed by atoms with Crippen LogP contribution < -0.4 is 5.73 Å². The van der Waals surface area contributed by atoms with Crippen LogP contribution in [-0.4, -0.2) is 17.8 Å². The number of rotatable bonds is 4. The normalized spacial score (nSPS) is 12.0. The van der Waals surface area contributed by atoms with Crippen molar-refractivity contribution in [2.24, 2.45) is 5.73 Å². The average molecular weight is 323 g/mol. The Morgan fingerprint density at radius 3 is 2.63 bits per heavy atom. The Morgan fingerprint density at radius 2 is 1.95 bits per heavy atom. The topological polar surface area (TPSA) is 59.4 Å². The minimum absolute atomic E-state index is 0. The van der Waals surface area contributed by atoms with Crippen LogP contribution in [0, 0.1) is 0 Å². The maximum absolute atomic E-state index is 8.90. The van der Waals surface area contributed by atoms with Gasteiger partial charge in [0.25, 0.3) is 0 Å². The molecule has 2 rings (SSSR count). The summed E-state index contributed by atoms with van der Waals surface area (Å²) in [6, 6.07) is 8.51. The Bertz CT molecular complexity index is 542. The first-order valence-electron chi connectivity index (χ1n) is 5.50. The van der Waals surface area contributed by atoms with Crippen LogP contribution in [0.4, 0.5) is 0 Å². The van der Waals surface area contributed by atoms with Crippen molar-refractivity contribution in [2.75, 3.05) is 6.61 Å². The van der Waals surface area contributed by atoms with Gasteiger partial charge in [-0.1, -0.05) is 23.2 Å². The Morgan fingerprint density at radius 1 is 1.21 bits per heavy atom. The molecule has 1 unspecified atom stereocenters. The van der Waals surface area contributed by atoms with E-state index in [1.807, 2.05) is 12.1 Å². The van der Waals surface area contributed by atoms with Gasteiger partial charge in [0.2, 0.25) is 0 Å². The van der Waals surface area contributed by atoms with Crippen molar-refractivity contribution in [3.63, 3.8) is 0 Å². The van der Waals surface area contributed by atoms with E-state index >= 15 is 0 Å². The molecule has 0 aliphatic carbocycles. The molecule has 3 nitrogen and oxygen atoms in total. The number of furan rings is 1. The van der Waals surface area contributed by atoms with E-state index in [-0.39, 0.29) is 25.1 Å². The van der Waals surface area contributed by atoms with Gasteiger partial charge >= 0.3 is 0 Å². The van der Waals surface area contributed by atoms with Crippen LogP contribution in [0.5, 0.6) is 0 Å². The first-order chi connectivity index (χ1) is 8.60.